The predicted octanol–water partition coefficient (Wildman–Crippen LogP) is 4.70. The number of ether oxygens (including phenoxy) is 2. The first-order chi connectivity index (χ1) is 33.1. The van der Waals surface area contributed by atoms with Crippen LogP contribution < -0.4 is 26.4 Å². The molecule has 1 aromatic carbocycles. The number of aromatic nitrogens is 4. The van der Waals surface area contributed by atoms with E-state index in [0.29, 0.717) is 29.4 Å². The summed E-state index contributed by atoms with van der Waals surface area (Å²) >= 11 is 0. The summed E-state index contributed by atoms with van der Waals surface area (Å²) in [7, 11) is 4.05. The molecule has 5 heterocycles. The lowest BCUT2D eigenvalue weighted by atomic mass is 9.98. The smallest absolute Gasteiger partial charge is 0.327 e. The highest BCUT2D eigenvalue weighted by Crippen LogP contribution is 2.34. The molecule has 1 aliphatic rings. The number of likely N-dealkylation sites (tertiary alicyclic amines) is 1. The summed E-state index contributed by atoms with van der Waals surface area (Å²) < 4.78 is 38.0. The second kappa shape index (κ2) is 24.0. The number of hydrogen-bond donors (Lipinski definition) is 5. The van der Waals surface area contributed by atoms with Crippen molar-refractivity contribution >= 4 is 73.7 Å². The van der Waals surface area contributed by atoms with E-state index in [-0.39, 0.29) is 49.4 Å². The first-order valence-electron chi connectivity index (χ1n) is 21.3. The number of carboxylic acid groups (broad SMARTS) is 1. The summed E-state index contributed by atoms with van der Waals surface area (Å²) in [6.45, 7) is -1.67. The Kier molecular flexibility index (Phi) is 17.7. The topological polar surface area (TPSA) is 282 Å². The lowest BCUT2D eigenvalue weighted by Gasteiger charge is -2.19. The number of halogens is 2. The summed E-state index contributed by atoms with van der Waals surface area (Å²) in [5, 5.41) is 26.9. The van der Waals surface area contributed by atoms with Crippen LogP contribution in [0.4, 0.5) is 14.5 Å². The van der Waals surface area contributed by atoms with Crippen molar-refractivity contribution in [3.8, 4) is 34.2 Å². The number of carboxylic acids is 1. The number of alkyl halides is 2. The van der Waals surface area contributed by atoms with E-state index in [1.54, 1.807) is 36.8 Å². The van der Waals surface area contributed by atoms with Crippen molar-refractivity contribution in [2.45, 2.75) is 63.3 Å². The third kappa shape index (κ3) is 14.5. The predicted molar refractivity (Wildman–Crippen MR) is 251 cm³/mol. The highest BCUT2D eigenvalue weighted by molar-refractivity contribution is 8.76. The number of amides is 4. The van der Waals surface area contributed by atoms with Gasteiger partial charge in [-0.2, -0.15) is 5.26 Å². The van der Waals surface area contributed by atoms with Gasteiger partial charge in [-0.15, -0.1) is 0 Å². The molecule has 0 spiro atoms. The molecule has 0 bridgehead atoms. The molecule has 360 valence electrons. The number of fused-ring (bicyclic) bond motifs is 1. The highest BCUT2D eigenvalue weighted by atomic mass is 33.1. The van der Waals surface area contributed by atoms with E-state index in [2.05, 4.69) is 35.9 Å². The molecule has 0 saturated carbocycles. The Hall–Kier alpha value is -7.45. The van der Waals surface area contributed by atoms with Crippen molar-refractivity contribution in [2.24, 2.45) is 0 Å². The molecule has 4 aromatic heterocycles. The quantitative estimate of drug-likeness (QED) is 0.0357. The first kappa shape index (κ1) is 51.0. The van der Waals surface area contributed by atoms with Crippen molar-refractivity contribution in [2.75, 3.05) is 37.4 Å². The van der Waals surface area contributed by atoms with Crippen LogP contribution in [0.1, 0.15) is 53.8 Å². The molecule has 1 fully saturated rings. The second-order valence-corrected chi connectivity index (χ2v) is 18.1. The van der Waals surface area contributed by atoms with Gasteiger partial charge in [0.05, 0.1) is 55.4 Å². The van der Waals surface area contributed by atoms with E-state index in [9.17, 15) is 42.7 Å². The van der Waals surface area contributed by atoms with Crippen LogP contribution in [0.5, 0.6) is 5.88 Å². The molecular formula is C46H46F2N10O9S2. The fraction of sp³-hybridized carbons (Fsp3) is 0.326. The summed E-state index contributed by atoms with van der Waals surface area (Å²) in [6, 6.07) is 15.1. The van der Waals surface area contributed by atoms with Gasteiger partial charge in [-0.1, -0.05) is 33.7 Å². The minimum atomic E-state index is -3.20. The van der Waals surface area contributed by atoms with E-state index in [4.69, 9.17) is 20.5 Å². The number of nitrogens with zero attached hydrogens (tertiary/aromatic N) is 6. The van der Waals surface area contributed by atoms with Crippen LogP contribution in [0.2, 0.25) is 0 Å². The van der Waals surface area contributed by atoms with Crippen LogP contribution in [0.15, 0.2) is 79.4 Å². The summed E-state index contributed by atoms with van der Waals surface area (Å²) in [6.07, 6.45) is 5.65. The number of nitrogens with two attached hydrogens (primary N) is 1. The van der Waals surface area contributed by atoms with Crippen LogP contribution in [0.25, 0.3) is 33.2 Å². The van der Waals surface area contributed by atoms with Crippen molar-refractivity contribution < 1.29 is 52.1 Å². The van der Waals surface area contributed by atoms with Gasteiger partial charge in [0.1, 0.15) is 18.7 Å². The molecule has 1 saturated heterocycles. The van der Waals surface area contributed by atoms with Gasteiger partial charge in [-0.05, 0) is 60.0 Å². The number of pyridine rings is 4. The number of nitrogens with one attached hydrogen (secondary N) is 3. The van der Waals surface area contributed by atoms with Crippen molar-refractivity contribution in [3.05, 3.63) is 96.3 Å². The zero-order valence-corrected chi connectivity index (χ0v) is 38.6. The molecule has 19 nitrogen and oxygen atoms in total. The van der Waals surface area contributed by atoms with Crippen LogP contribution in [0.3, 0.4) is 0 Å². The average molecular weight is 985 g/mol. The number of anilines is 1. The standard InChI is InChI=1S/C46H46F2N10O9S2/c1-66-44-36(50)17-30(21-56-44)27-5-7-37-35(16-27)34(11-13-52-37)29-4-6-31(53-20-29)24-67-42(62)3-2-14-68-69-25-38(45(64)65)57-40(60)9-8-39(59)54-22-32-15-28(10-12-51-32)43(63)55-23-41(61)58-26-46(47,48)18-33(58)19-49/h4-7,10-13,15-17,20-21,33,38H,2-3,8-9,14,18,22-26,50H2,1H3,(H,54,59)(H,55,63)(H,57,60)(H,64,65)/t33-,38?/m0/s1. The molecule has 0 aliphatic carbocycles. The summed E-state index contributed by atoms with van der Waals surface area (Å²) in [4.78, 5) is 92.4. The second-order valence-electron chi connectivity index (χ2n) is 15.5. The van der Waals surface area contributed by atoms with Gasteiger partial charge in [0.15, 0.2) is 0 Å². The number of benzene rings is 1. The number of nitriles is 1. The van der Waals surface area contributed by atoms with E-state index in [0.717, 1.165) is 38.1 Å². The van der Waals surface area contributed by atoms with Crippen molar-refractivity contribution in [1.82, 2.24) is 40.8 Å². The Bertz CT molecular complexity index is 2750. The number of carbonyl (C=O) groups excluding carboxylic acids is 5. The molecule has 2 atom stereocenters. The molecule has 23 heteroatoms. The average Bonchev–Trinajstić information content (AvgIpc) is 3.68. The Morgan fingerprint density at radius 3 is 2.42 bits per heavy atom. The normalized spacial score (nSPS) is 14.3. The zero-order valence-electron chi connectivity index (χ0n) is 37.0. The maximum absolute atomic E-state index is 13.7. The van der Waals surface area contributed by atoms with Gasteiger partial charge in [-0.25, -0.2) is 18.6 Å². The monoisotopic (exact) mass is 984 g/mol. The molecule has 6 N–H and O–H groups in total. The minimum Gasteiger partial charge on any atom is -0.480 e. The lowest BCUT2D eigenvalue weighted by molar-refractivity contribution is -0.145. The molecular weight excluding hydrogens is 939 g/mol. The van der Waals surface area contributed by atoms with E-state index < -0.39 is 73.1 Å². The molecule has 0 radical (unpaired) electrons. The lowest BCUT2D eigenvalue weighted by Crippen LogP contribution is -2.43. The molecule has 1 aliphatic heterocycles. The van der Waals surface area contributed by atoms with Crippen LogP contribution >= 0.6 is 21.6 Å². The van der Waals surface area contributed by atoms with Gasteiger partial charge >= 0.3 is 11.9 Å². The van der Waals surface area contributed by atoms with Crippen molar-refractivity contribution in [1.29, 1.82) is 5.26 Å². The number of carbonyl (C=O) groups is 6. The molecule has 4 amide bonds. The fourth-order valence-electron chi connectivity index (χ4n) is 6.94. The Labute approximate surface area is 401 Å². The zero-order chi connectivity index (χ0) is 49.5. The number of methoxy groups -OCH3 is 1. The van der Waals surface area contributed by atoms with Crippen LogP contribution in [-0.2, 0) is 41.9 Å². The Morgan fingerprint density at radius 2 is 1.68 bits per heavy atom. The van der Waals surface area contributed by atoms with Gasteiger partial charge in [-0.3, -0.25) is 38.9 Å². The summed E-state index contributed by atoms with van der Waals surface area (Å²) in [5.41, 5.74) is 11.7. The maximum Gasteiger partial charge on any atom is 0.327 e. The molecule has 6 rings (SSSR count). The maximum atomic E-state index is 13.7. The number of nitrogen functional groups attached to an aromatic ring is 1. The van der Waals surface area contributed by atoms with Gasteiger partial charge in [0.2, 0.25) is 23.6 Å². The Morgan fingerprint density at radius 1 is 0.913 bits per heavy atom. The highest BCUT2D eigenvalue weighted by Gasteiger charge is 2.47. The third-order valence-electron chi connectivity index (χ3n) is 10.5. The SMILES string of the molecule is COc1ncc(-c2ccc3nccc(-c4ccc(COC(=O)CCCSSCC(NC(=O)CCC(=O)NCc5cc(C(=O)NCC(=O)N6CC(F)(F)C[C@H]6C#N)ccn5)C(=O)O)nc4)c3c2)cc1N. The number of aliphatic carboxylic acids is 1. The number of rotatable bonds is 22. The van der Waals surface area contributed by atoms with Crippen molar-refractivity contribution in [3.63, 3.8) is 0 Å². The molecule has 5 aromatic rings. The van der Waals surface area contributed by atoms with Gasteiger partial charge in [0, 0.05) is 84.1 Å². The van der Waals surface area contributed by atoms with Gasteiger partial charge in [0.25, 0.3) is 11.8 Å². The van der Waals surface area contributed by atoms with E-state index in [1.165, 1.54) is 47.0 Å². The number of hydrogen-bond acceptors (Lipinski definition) is 16. The molecule has 69 heavy (non-hydrogen) atoms. The first-order valence-corrected chi connectivity index (χ1v) is 23.7. The van der Waals surface area contributed by atoms with E-state index in [1.807, 2.05) is 30.3 Å². The molecule has 1 unspecified atom stereocenters. The fourth-order valence-corrected chi connectivity index (χ4v) is 9.18. The van der Waals surface area contributed by atoms with E-state index >= 15 is 0 Å². The van der Waals surface area contributed by atoms with Gasteiger partial charge < -0.3 is 41.2 Å². The minimum absolute atomic E-state index is 0.0182. The Balaban J connectivity index is 0.846. The summed E-state index contributed by atoms with van der Waals surface area (Å²) in [5.74, 6) is -6.75. The van der Waals surface area contributed by atoms with Crippen LogP contribution in [0, 0.1) is 11.3 Å². The largest absolute Gasteiger partial charge is 0.480 e. The van der Waals surface area contributed by atoms with Crippen LogP contribution in [-0.4, -0.2) is 115 Å². The number of esters is 1. The third-order valence-corrected chi connectivity index (χ3v) is 13.0.